The summed E-state index contributed by atoms with van der Waals surface area (Å²) in [6.45, 7) is 0. The molecule has 0 fully saturated rings. The highest BCUT2D eigenvalue weighted by atomic mass is 19.2. The van der Waals surface area contributed by atoms with Crippen LogP contribution in [0, 0.1) is 11.6 Å². The van der Waals surface area contributed by atoms with Crippen molar-refractivity contribution in [2.24, 2.45) is 0 Å². The predicted molar refractivity (Wildman–Crippen MR) is 46.3 cm³/mol. The Morgan fingerprint density at radius 2 is 2.00 bits per heavy atom. The summed E-state index contributed by atoms with van der Waals surface area (Å²) in [6, 6.07) is 2.93. The maximum absolute atomic E-state index is 12.8. The topological polar surface area (TPSA) is 66.2 Å². The summed E-state index contributed by atoms with van der Waals surface area (Å²) in [5.41, 5.74) is 0.0381. The predicted octanol–water partition coefficient (Wildman–Crippen LogP) is 1.62. The van der Waals surface area contributed by atoms with Gasteiger partial charge in [-0.15, -0.1) is 0 Å². The summed E-state index contributed by atoms with van der Waals surface area (Å²) in [4.78, 5) is 12.8. The van der Waals surface area contributed by atoms with E-state index in [1.54, 1.807) is 0 Å². The van der Waals surface area contributed by atoms with Gasteiger partial charge in [-0.25, -0.2) is 13.6 Å². The average molecular weight is 213 g/mol. The normalized spacial score (nSPS) is 10.5. The Balaban J connectivity index is 2.59. The number of halogens is 2. The molecule has 0 aliphatic heterocycles. The van der Waals surface area contributed by atoms with Gasteiger partial charge in [0.2, 0.25) is 0 Å². The van der Waals surface area contributed by atoms with Crippen LogP contribution in [0.15, 0.2) is 27.4 Å². The van der Waals surface area contributed by atoms with Gasteiger partial charge in [0.1, 0.15) is 5.69 Å². The SMILES string of the molecule is O=c1[nH]c(-c2ccc(F)c(F)c2)c(O)o1. The van der Waals surface area contributed by atoms with Crippen molar-refractivity contribution in [2.75, 3.05) is 0 Å². The summed E-state index contributed by atoms with van der Waals surface area (Å²) in [7, 11) is 0. The maximum Gasteiger partial charge on any atom is 0.419 e. The van der Waals surface area contributed by atoms with E-state index in [9.17, 15) is 13.6 Å². The molecule has 1 heterocycles. The number of H-pyrrole nitrogens is 1. The fourth-order valence-corrected chi connectivity index (χ4v) is 1.17. The van der Waals surface area contributed by atoms with Crippen LogP contribution in [0.2, 0.25) is 0 Å². The van der Waals surface area contributed by atoms with Crippen LogP contribution in [0.4, 0.5) is 8.78 Å². The molecule has 0 saturated heterocycles. The minimum atomic E-state index is -1.08. The van der Waals surface area contributed by atoms with Crippen molar-refractivity contribution in [2.45, 2.75) is 0 Å². The molecule has 1 aromatic heterocycles. The van der Waals surface area contributed by atoms with E-state index in [0.29, 0.717) is 0 Å². The van der Waals surface area contributed by atoms with E-state index in [1.807, 2.05) is 0 Å². The van der Waals surface area contributed by atoms with Crippen molar-refractivity contribution < 1.29 is 18.3 Å². The van der Waals surface area contributed by atoms with Gasteiger partial charge in [-0.2, -0.15) is 0 Å². The van der Waals surface area contributed by atoms with Crippen LogP contribution in [0.1, 0.15) is 0 Å². The monoisotopic (exact) mass is 213 g/mol. The van der Waals surface area contributed by atoms with Gasteiger partial charge in [0, 0.05) is 5.56 Å². The second-order valence-corrected chi connectivity index (χ2v) is 2.82. The molecular weight excluding hydrogens is 208 g/mol. The van der Waals surface area contributed by atoms with Gasteiger partial charge in [-0.05, 0) is 18.2 Å². The third kappa shape index (κ3) is 1.61. The molecule has 2 rings (SSSR count). The van der Waals surface area contributed by atoms with Crippen molar-refractivity contribution in [1.29, 1.82) is 0 Å². The molecule has 0 spiro atoms. The van der Waals surface area contributed by atoms with Crippen LogP contribution in [-0.2, 0) is 0 Å². The number of oxazole rings is 1. The van der Waals surface area contributed by atoms with Crippen molar-refractivity contribution in [1.82, 2.24) is 4.98 Å². The lowest BCUT2D eigenvalue weighted by molar-refractivity contribution is 0.321. The molecule has 0 radical (unpaired) electrons. The zero-order valence-corrected chi connectivity index (χ0v) is 7.25. The molecule has 4 nitrogen and oxygen atoms in total. The Kier molecular flexibility index (Phi) is 2.03. The van der Waals surface area contributed by atoms with Crippen LogP contribution in [0.25, 0.3) is 11.3 Å². The first-order valence-corrected chi connectivity index (χ1v) is 3.95. The molecule has 6 heteroatoms. The van der Waals surface area contributed by atoms with Gasteiger partial charge in [0.25, 0.3) is 0 Å². The number of benzene rings is 1. The van der Waals surface area contributed by atoms with Gasteiger partial charge in [-0.3, -0.25) is 4.98 Å². The molecule has 0 atom stereocenters. The third-order valence-corrected chi connectivity index (χ3v) is 1.84. The Bertz CT molecular complexity index is 559. The second kappa shape index (κ2) is 3.23. The summed E-state index contributed by atoms with van der Waals surface area (Å²) in [6.07, 6.45) is 0. The number of hydrogen-bond donors (Lipinski definition) is 2. The molecule has 1 aromatic carbocycles. The smallest absolute Gasteiger partial charge is 0.419 e. The number of aromatic amines is 1. The van der Waals surface area contributed by atoms with Crippen LogP contribution >= 0.6 is 0 Å². The lowest BCUT2D eigenvalue weighted by Gasteiger charge is -1.97. The number of aromatic nitrogens is 1. The first-order valence-electron chi connectivity index (χ1n) is 3.95. The zero-order chi connectivity index (χ0) is 11.0. The van der Waals surface area contributed by atoms with Crippen molar-refractivity contribution >= 4 is 0 Å². The molecule has 0 aliphatic rings. The molecule has 15 heavy (non-hydrogen) atoms. The summed E-state index contributed by atoms with van der Waals surface area (Å²) >= 11 is 0. The molecule has 0 aliphatic carbocycles. The zero-order valence-electron chi connectivity index (χ0n) is 7.25. The van der Waals surface area contributed by atoms with E-state index < -0.39 is 23.3 Å². The van der Waals surface area contributed by atoms with Gasteiger partial charge in [0.15, 0.2) is 11.6 Å². The van der Waals surface area contributed by atoms with E-state index >= 15 is 0 Å². The highest BCUT2D eigenvalue weighted by molar-refractivity contribution is 5.62. The Hall–Kier alpha value is -2.11. The standard InChI is InChI=1S/C9H5F2NO3/c10-5-2-1-4(3-6(5)11)7-8(13)15-9(14)12-7/h1-3,13H,(H,12,14). The average Bonchev–Trinajstić information content (AvgIpc) is 2.50. The van der Waals surface area contributed by atoms with Gasteiger partial charge < -0.3 is 9.52 Å². The van der Waals surface area contributed by atoms with Crippen LogP contribution in [-0.4, -0.2) is 10.1 Å². The number of rotatable bonds is 1. The van der Waals surface area contributed by atoms with Crippen LogP contribution < -0.4 is 5.76 Å². The molecular formula is C9H5F2NO3. The molecule has 78 valence electrons. The van der Waals surface area contributed by atoms with Gasteiger partial charge in [-0.1, -0.05) is 0 Å². The maximum atomic E-state index is 12.8. The molecule has 2 N–H and O–H groups in total. The van der Waals surface area contributed by atoms with E-state index in [0.717, 1.165) is 12.1 Å². The third-order valence-electron chi connectivity index (χ3n) is 1.84. The largest absolute Gasteiger partial charge is 0.479 e. The van der Waals surface area contributed by atoms with Gasteiger partial charge in [0.05, 0.1) is 0 Å². The number of nitrogens with one attached hydrogen (secondary N) is 1. The second-order valence-electron chi connectivity index (χ2n) is 2.82. The van der Waals surface area contributed by atoms with Crippen molar-refractivity contribution in [3.63, 3.8) is 0 Å². The van der Waals surface area contributed by atoms with Crippen molar-refractivity contribution in [3.8, 4) is 17.2 Å². The first-order chi connectivity index (χ1) is 7.08. The summed E-state index contributed by atoms with van der Waals surface area (Å²) in [5, 5.41) is 9.13. The Morgan fingerprint density at radius 3 is 2.53 bits per heavy atom. The highest BCUT2D eigenvalue weighted by Crippen LogP contribution is 2.26. The van der Waals surface area contributed by atoms with E-state index in [4.69, 9.17) is 5.11 Å². The fraction of sp³-hybridized carbons (Fsp3) is 0. The molecule has 0 amide bonds. The van der Waals surface area contributed by atoms with E-state index in [1.165, 1.54) is 6.07 Å². The Morgan fingerprint density at radius 1 is 1.27 bits per heavy atom. The molecule has 0 unspecified atom stereocenters. The first kappa shape index (κ1) is 9.45. The Labute approximate surface area is 81.8 Å². The molecule has 0 bridgehead atoms. The van der Waals surface area contributed by atoms with Crippen molar-refractivity contribution in [3.05, 3.63) is 40.4 Å². The summed E-state index contributed by atoms with van der Waals surface area (Å²) in [5.74, 6) is -3.61. The minimum Gasteiger partial charge on any atom is -0.479 e. The van der Waals surface area contributed by atoms with E-state index in [-0.39, 0.29) is 11.3 Å². The van der Waals surface area contributed by atoms with Crippen LogP contribution in [0.5, 0.6) is 5.95 Å². The highest BCUT2D eigenvalue weighted by Gasteiger charge is 2.12. The molecule has 2 aromatic rings. The molecule has 0 saturated carbocycles. The van der Waals surface area contributed by atoms with Gasteiger partial charge >= 0.3 is 11.7 Å². The summed E-state index contributed by atoms with van der Waals surface area (Å²) < 4.78 is 29.7. The number of aromatic hydroxyl groups is 1. The quantitative estimate of drug-likeness (QED) is 0.756. The van der Waals surface area contributed by atoms with E-state index in [2.05, 4.69) is 9.40 Å². The lowest BCUT2D eigenvalue weighted by atomic mass is 10.1. The van der Waals surface area contributed by atoms with Crippen LogP contribution in [0.3, 0.4) is 0 Å². The lowest BCUT2D eigenvalue weighted by Crippen LogP contribution is -1.95. The fourth-order valence-electron chi connectivity index (χ4n) is 1.17. The minimum absolute atomic E-state index is 0.0844. The number of hydrogen-bond acceptors (Lipinski definition) is 3.